The van der Waals surface area contributed by atoms with Gasteiger partial charge in [0.2, 0.25) is 0 Å². The summed E-state index contributed by atoms with van der Waals surface area (Å²) in [6.45, 7) is 4.46. The largest absolute Gasteiger partial charge is 0.127 e. The third kappa shape index (κ3) is 7.96. The Labute approximate surface area is 159 Å². The number of hydrogen-bond acceptors (Lipinski definition) is 0. The maximum Gasteiger partial charge on any atom is 0.0309 e. The first-order chi connectivity index (χ1) is 11.8. The normalized spacial score (nSPS) is 10.5. The number of aryl methyl sites for hydroxylation is 3. The SMILES string of the molecule is CCCCC#Cc1c(CCCC)cc(CCCCl)cc1CCCCl. The van der Waals surface area contributed by atoms with Crippen molar-refractivity contribution in [3.05, 3.63) is 34.4 Å². The number of unbranched alkanes of at least 4 members (excludes halogenated alkanes) is 3. The van der Waals surface area contributed by atoms with Crippen molar-refractivity contribution in [2.75, 3.05) is 11.8 Å². The van der Waals surface area contributed by atoms with Crippen LogP contribution in [0.3, 0.4) is 0 Å². The van der Waals surface area contributed by atoms with Gasteiger partial charge in [0.1, 0.15) is 0 Å². The standard InChI is InChI=1S/C22H32Cl2/c1-3-5-7-8-14-22-20(12-6-4-2)17-19(11-9-15-23)18-21(22)13-10-16-24/h17-18H,3-7,9-13,15-16H2,1-2H3. The zero-order chi connectivity index (χ0) is 17.6. The molecule has 1 aromatic rings. The Morgan fingerprint density at radius 2 is 1.38 bits per heavy atom. The van der Waals surface area contributed by atoms with E-state index in [1.54, 1.807) is 0 Å². The Morgan fingerprint density at radius 3 is 1.96 bits per heavy atom. The van der Waals surface area contributed by atoms with Crippen molar-refractivity contribution in [1.82, 2.24) is 0 Å². The van der Waals surface area contributed by atoms with Crippen molar-refractivity contribution < 1.29 is 0 Å². The highest BCUT2D eigenvalue weighted by atomic mass is 35.5. The van der Waals surface area contributed by atoms with Crippen LogP contribution in [0.15, 0.2) is 12.1 Å². The zero-order valence-electron chi connectivity index (χ0n) is 15.4. The predicted molar refractivity (Wildman–Crippen MR) is 110 cm³/mol. The number of halogens is 2. The Balaban J connectivity index is 3.15. The molecule has 0 aliphatic heterocycles. The smallest absolute Gasteiger partial charge is 0.0309 e. The molecular weight excluding hydrogens is 335 g/mol. The number of alkyl halides is 2. The van der Waals surface area contributed by atoms with Crippen molar-refractivity contribution in [3.8, 4) is 11.8 Å². The molecule has 1 aromatic carbocycles. The van der Waals surface area contributed by atoms with Gasteiger partial charge in [-0.05, 0) is 61.6 Å². The molecule has 1 rings (SSSR count). The van der Waals surface area contributed by atoms with Gasteiger partial charge in [-0.25, -0.2) is 0 Å². The van der Waals surface area contributed by atoms with Gasteiger partial charge in [0, 0.05) is 23.7 Å². The van der Waals surface area contributed by atoms with E-state index < -0.39 is 0 Å². The van der Waals surface area contributed by atoms with E-state index in [-0.39, 0.29) is 0 Å². The molecular formula is C22H32Cl2. The third-order valence-electron chi connectivity index (χ3n) is 4.21. The van der Waals surface area contributed by atoms with E-state index in [0.29, 0.717) is 5.88 Å². The molecule has 0 fully saturated rings. The van der Waals surface area contributed by atoms with Gasteiger partial charge >= 0.3 is 0 Å². The van der Waals surface area contributed by atoms with Gasteiger partial charge in [-0.3, -0.25) is 0 Å². The highest BCUT2D eigenvalue weighted by Gasteiger charge is 2.09. The number of benzene rings is 1. The summed E-state index contributed by atoms with van der Waals surface area (Å²) in [5, 5.41) is 0. The summed E-state index contributed by atoms with van der Waals surface area (Å²) >= 11 is 11.8. The molecule has 0 bridgehead atoms. The van der Waals surface area contributed by atoms with Crippen LogP contribution in [-0.4, -0.2) is 11.8 Å². The van der Waals surface area contributed by atoms with Crippen molar-refractivity contribution in [2.24, 2.45) is 0 Å². The lowest BCUT2D eigenvalue weighted by molar-refractivity contribution is 0.787. The fourth-order valence-corrected chi connectivity index (χ4v) is 3.12. The molecule has 0 heterocycles. The minimum Gasteiger partial charge on any atom is -0.127 e. The summed E-state index contributed by atoms with van der Waals surface area (Å²) < 4.78 is 0. The lowest BCUT2D eigenvalue weighted by Gasteiger charge is -2.14. The second-order valence-corrected chi connectivity index (χ2v) is 7.14. The second kappa shape index (κ2) is 13.6. The lowest BCUT2D eigenvalue weighted by Crippen LogP contribution is -2.02. The Hall–Kier alpha value is -0.640. The molecule has 0 nitrogen and oxygen atoms in total. The fourth-order valence-electron chi connectivity index (χ4n) is 2.85. The second-order valence-electron chi connectivity index (χ2n) is 6.38. The quantitative estimate of drug-likeness (QED) is 0.226. The van der Waals surface area contributed by atoms with Crippen LogP contribution in [0.5, 0.6) is 0 Å². The average Bonchev–Trinajstić information content (AvgIpc) is 2.60. The van der Waals surface area contributed by atoms with E-state index in [1.165, 1.54) is 47.9 Å². The highest BCUT2D eigenvalue weighted by molar-refractivity contribution is 6.18. The van der Waals surface area contributed by atoms with E-state index in [4.69, 9.17) is 23.2 Å². The molecule has 0 radical (unpaired) electrons. The van der Waals surface area contributed by atoms with Crippen molar-refractivity contribution in [3.63, 3.8) is 0 Å². The first-order valence-electron chi connectivity index (χ1n) is 9.52. The Kier molecular flexibility index (Phi) is 12.2. The monoisotopic (exact) mass is 366 g/mol. The van der Waals surface area contributed by atoms with Gasteiger partial charge in [-0.15, -0.1) is 23.2 Å². The van der Waals surface area contributed by atoms with E-state index in [0.717, 1.165) is 44.4 Å². The summed E-state index contributed by atoms with van der Waals surface area (Å²) in [5.41, 5.74) is 5.50. The van der Waals surface area contributed by atoms with Crippen LogP contribution in [0.4, 0.5) is 0 Å². The molecule has 2 heteroatoms. The van der Waals surface area contributed by atoms with Crippen LogP contribution in [0, 0.1) is 11.8 Å². The Morgan fingerprint density at radius 1 is 0.792 bits per heavy atom. The topological polar surface area (TPSA) is 0 Å². The highest BCUT2D eigenvalue weighted by Crippen LogP contribution is 2.22. The molecule has 0 amide bonds. The van der Waals surface area contributed by atoms with Gasteiger partial charge in [0.25, 0.3) is 0 Å². The number of rotatable bonds is 11. The molecule has 0 aliphatic rings. The summed E-state index contributed by atoms with van der Waals surface area (Å²) in [6.07, 6.45) is 11.1. The summed E-state index contributed by atoms with van der Waals surface area (Å²) in [4.78, 5) is 0. The first kappa shape index (κ1) is 21.4. The minimum absolute atomic E-state index is 0.707. The first-order valence-corrected chi connectivity index (χ1v) is 10.6. The van der Waals surface area contributed by atoms with Crippen LogP contribution >= 0.6 is 23.2 Å². The molecule has 0 saturated heterocycles. The van der Waals surface area contributed by atoms with Crippen LogP contribution in [0.1, 0.15) is 81.0 Å². The van der Waals surface area contributed by atoms with Crippen LogP contribution in [-0.2, 0) is 19.3 Å². The van der Waals surface area contributed by atoms with Crippen LogP contribution in [0.25, 0.3) is 0 Å². The van der Waals surface area contributed by atoms with Crippen molar-refractivity contribution >= 4 is 23.2 Å². The van der Waals surface area contributed by atoms with E-state index in [1.807, 2.05) is 0 Å². The molecule has 134 valence electrons. The maximum absolute atomic E-state index is 5.94. The average molecular weight is 367 g/mol. The summed E-state index contributed by atoms with van der Waals surface area (Å²) in [5.74, 6) is 8.32. The minimum atomic E-state index is 0.707. The molecule has 0 aromatic heterocycles. The zero-order valence-corrected chi connectivity index (χ0v) is 16.9. The molecule has 0 aliphatic carbocycles. The summed E-state index contributed by atoms with van der Waals surface area (Å²) in [7, 11) is 0. The van der Waals surface area contributed by atoms with Crippen molar-refractivity contribution in [2.45, 2.75) is 78.1 Å². The van der Waals surface area contributed by atoms with Gasteiger partial charge in [0.15, 0.2) is 0 Å². The molecule has 24 heavy (non-hydrogen) atoms. The summed E-state index contributed by atoms with van der Waals surface area (Å²) in [6, 6.07) is 4.72. The van der Waals surface area contributed by atoms with Gasteiger partial charge in [0.05, 0.1) is 0 Å². The Bertz CT molecular complexity index is 494. The van der Waals surface area contributed by atoms with Crippen molar-refractivity contribution in [1.29, 1.82) is 0 Å². The molecule has 0 atom stereocenters. The van der Waals surface area contributed by atoms with Gasteiger partial charge in [-0.2, -0.15) is 0 Å². The maximum atomic E-state index is 5.94. The van der Waals surface area contributed by atoms with Gasteiger partial charge in [-0.1, -0.05) is 50.7 Å². The molecule has 0 unspecified atom stereocenters. The fraction of sp³-hybridized carbons (Fsp3) is 0.636. The lowest BCUT2D eigenvalue weighted by atomic mass is 9.91. The van der Waals surface area contributed by atoms with E-state index >= 15 is 0 Å². The van der Waals surface area contributed by atoms with Crippen LogP contribution < -0.4 is 0 Å². The third-order valence-corrected chi connectivity index (χ3v) is 4.74. The molecule has 0 N–H and O–H groups in total. The predicted octanol–water partition coefficient (Wildman–Crippen LogP) is 6.91. The number of hydrogen-bond donors (Lipinski definition) is 0. The van der Waals surface area contributed by atoms with E-state index in [2.05, 4.69) is 37.8 Å². The van der Waals surface area contributed by atoms with Crippen LogP contribution in [0.2, 0.25) is 0 Å². The molecule has 0 spiro atoms. The van der Waals surface area contributed by atoms with Gasteiger partial charge < -0.3 is 0 Å². The molecule has 0 saturated carbocycles. The van der Waals surface area contributed by atoms with E-state index in [9.17, 15) is 0 Å².